The number of hydrogen-bond donors (Lipinski definition) is 1. The third-order valence-electron chi connectivity index (χ3n) is 4.08. The Balaban J connectivity index is 1.55. The SMILES string of the molecule is Cc1ccc(OCC(=O)N/N=C\c2cc(Cl)c3c(c2)OCCCO3)cc1C. The number of rotatable bonds is 5. The first-order chi connectivity index (χ1) is 13.0. The Labute approximate surface area is 163 Å². The van der Waals surface area contributed by atoms with Crippen molar-refractivity contribution >= 4 is 23.7 Å². The summed E-state index contributed by atoms with van der Waals surface area (Å²) in [6, 6.07) is 9.16. The molecule has 1 aliphatic rings. The van der Waals surface area contributed by atoms with Gasteiger partial charge < -0.3 is 14.2 Å². The molecule has 2 aromatic rings. The lowest BCUT2D eigenvalue weighted by atomic mass is 10.1. The topological polar surface area (TPSA) is 69.2 Å². The Morgan fingerprint density at radius 2 is 2.04 bits per heavy atom. The van der Waals surface area contributed by atoms with Crippen LogP contribution in [0.3, 0.4) is 0 Å². The number of nitrogens with zero attached hydrogens (tertiary/aromatic N) is 1. The van der Waals surface area contributed by atoms with Crippen molar-refractivity contribution in [2.45, 2.75) is 20.3 Å². The summed E-state index contributed by atoms with van der Waals surface area (Å²) in [6.45, 7) is 5.02. The second-order valence-corrected chi connectivity index (χ2v) is 6.62. The minimum absolute atomic E-state index is 0.123. The molecule has 3 rings (SSSR count). The van der Waals surface area contributed by atoms with Gasteiger partial charge in [0.2, 0.25) is 0 Å². The third-order valence-corrected chi connectivity index (χ3v) is 4.36. The van der Waals surface area contributed by atoms with Crippen LogP contribution in [-0.2, 0) is 4.79 Å². The van der Waals surface area contributed by atoms with E-state index in [0.29, 0.717) is 41.0 Å². The molecule has 6 nitrogen and oxygen atoms in total. The van der Waals surface area contributed by atoms with Crippen LogP contribution in [0.25, 0.3) is 0 Å². The molecule has 0 saturated heterocycles. The lowest BCUT2D eigenvalue weighted by Crippen LogP contribution is -2.24. The molecule has 0 fully saturated rings. The molecule has 0 bridgehead atoms. The van der Waals surface area contributed by atoms with E-state index in [9.17, 15) is 4.79 Å². The highest BCUT2D eigenvalue weighted by Crippen LogP contribution is 2.37. The molecule has 1 heterocycles. The highest BCUT2D eigenvalue weighted by Gasteiger charge is 2.15. The van der Waals surface area contributed by atoms with Gasteiger partial charge in [0.05, 0.1) is 24.5 Å². The van der Waals surface area contributed by atoms with E-state index in [2.05, 4.69) is 10.5 Å². The molecule has 0 aliphatic carbocycles. The van der Waals surface area contributed by atoms with Crippen molar-refractivity contribution in [3.63, 3.8) is 0 Å². The smallest absolute Gasteiger partial charge is 0.277 e. The molecule has 0 atom stereocenters. The molecule has 0 saturated carbocycles. The maximum Gasteiger partial charge on any atom is 0.277 e. The molecule has 1 aliphatic heterocycles. The molecule has 1 amide bonds. The van der Waals surface area contributed by atoms with Gasteiger partial charge in [-0.1, -0.05) is 17.7 Å². The predicted molar refractivity (Wildman–Crippen MR) is 104 cm³/mol. The van der Waals surface area contributed by atoms with Crippen LogP contribution in [0.5, 0.6) is 17.2 Å². The summed E-state index contributed by atoms with van der Waals surface area (Å²) < 4.78 is 16.7. The summed E-state index contributed by atoms with van der Waals surface area (Å²) in [5.74, 6) is 1.40. The van der Waals surface area contributed by atoms with Gasteiger partial charge in [0.15, 0.2) is 18.1 Å². The van der Waals surface area contributed by atoms with Crippen LogP contribution in [0, 0.1) is 13.8 Å². The minimum atomic E-state index is -0.357. The van der Waals surface area contributed by atoms with Gasteiger partial charge in [-0.25, -0.2) is 5.43 Å². The van der Waals surface area contributed by atoms with Crippen LogP contribution < -0.4 is 19.6 Å². The number of aryl methyl sites for hydroxylation is 2. The van der Waals surface area contributed by atoms with Crippen LogP contribution in [0.2, 0.25) is 5.02 Å². The first kappa shape index (κ1) is 19.0. The molecule has 0 radical (unpaired) electrons. The Bertz CT molecular complexity index is 867. The summed E-state index contributed by atoms with van der Waals surface area (Å²) >= 11 is 6.23. The van der Waals surface area contributed by atoms with Crippen molar-refractivity contribution in [1.82, 2.24) is 5.43 Å². The van der Waals surface area contributed by atoms with Gasteiger partial charge in [-0.3, -0.25) is 4.79 Å². The fourth-order valence-electron chi connectivity index (χ4n) is 2.49. The molecule has 1 N–H and O–H groups in total. The van der Waals surface area contributed by atoms with Gasteiger partial charge in [-0.05, 0) is 54.8 Å². The number of ether oxygens (including phenoxy) is 3. The summed E-state index contributed by atoms with van der Waals surface area (Å²) in [4.78, 5) is 11.9. The van der Waals surface area contributed by atoms with Gasteiger partial charge in [-0.2, -0.15) is 5.10 Å². The summed E-state index contributed by atoms with van der Waals surface area (Å²) in [5, 5.41) is 4.38. The Kier molecular flexibility index (Phi) is 6.19. The lowest BCUT2D eigenvalue weighted by Gasteiger charge is -2.09. The van der Waals surface area contributed by atoms with Crippen molar-refractivity contribution in [2.24, 2.45) is 5.10 Å². The Hall–Kier alpha value is -2.73. The van der Waals surface area contributed by atoms with Gasteiger partial charge in [0.1, 0.15) is 5.75 Å². The number of halogens is 1. The van der Waals surface area contributed by atoms with Crippen molar-refractivity contribution in [3.8, 4) is 17.2 Å². The summed E-state index contributed by atoms with van der Waals surface area (Å²) in [5.41, 5.74) is 5.40. The van der Waals surface area contributed by atoms with E-state index in [0.717, 1.165) is 12.0 Å². The van der Waals surface area contributed by atoms with Crippen molar-refractivity contribution in [3.05, 3.63) is 52.0 Å². The number of nitrogens with one attached hydrogen (secondary N) is 1. The van der Waals surface area contributed by atoms with Crippen molar-refractivity contribution in [2.75, 3.05) is 19.8 Å². The first-order valence-electron chi connectivity index (χ1n) is 8.64. The molecule has 27 heavy (non-hydrogen) atoms. The molecule has 142 valence electrons. The maximum absolute atomic E-state index is 11.9. The fraction of sp³-hybridized carbons (Fsp3) is 0.300. The second kappa shape index (κ2) is 8.77. The molecular formula is C20H21ClN2O4. The maximum atomic E-state index is 11.9. The largest absolute Gasteiger partial charge is 0.489 e. The average Bonchev–Trinajstić information content (AvgIpc) is 2.88. The summed E-state index contributed by atoms with van der Waals surface area (Å²) in [7, 11) is 0. The molecule has 2 aromatic carbocycles. The van der Waals surface area contributed by atoms with Gasteiger partial charge in [0, 0.05) is 6.42 Å². The molecule has 0 unspecified atom stereocenters. The van der Waals surface area contributed by atoms with E-state index < -0.39 is 0 Å². The zero-order valence-corrected chi connectivity index (χ0v) is 16.0. The molecular weight excluding hydrogens is 368 g/mol. The molecule has 0 aromatic heterocycles. The average molecular weight is 389 g/mol. The number of hydrogen-bond acceptors (Lipinski definition) is 5. The van der Waals surface area contributed by atoms with Crippen LogP contribution in [0.4, 0.5) is 0 Å². The standard InChI is InChI=1S/C20H21ClN2O4/c1-13-4-5-16(8-14(13)2)27-12-19(24)23-22-11-15-9-17(21)20-18(10-15)25-6-3-7-26-20/h4-5,8-11H,3,6-7,12H2,1-2H3,(H,23,24)/b22-11-. The zero-order valence-electron chi connectivity index (χ0n) is 15.3. The molecule has 0 spiro atoms. The van der Waals surface area contributed by atoms with Gasteiger partial charge in [-0.15, -0.1) is 0 Å². The van der Waals surface area contributed by atoms with E-state index in [-0.39, 0.29) is 12.5 Å². The Morgan fingerprint density at radius 3 is 2.85 bits per heavy atom. The number of benzene rings is 2. The van der Waals surface area contributed by atoms with E-state index in [1.165, 1.54) is 11.8 Å². The number of fused-ring (bicyclic) bond motifs is 1. The predicted octanol–water partition coefficient (Wildman–Crippen LogP) is 3.65. The summed E-state index contributed by atoms with van der Waals surface area (Å²) in [6.07, 6.45) is 2.29. The van der Waals surface area contributed by atoms with Crippen molar-refractivity contribution < 1.29 is 19.0 Å². The number of carbonyl (C=O) groups excluding carboxylic acids is 1. The first-order valence-corrected chi connectivity index (χ1v) is 9.02. The highest BCUT2D eigenvalue weighted by molar-refractivity contribution is 6.32. The Morgan fingerprint density at radius 1 is 1.22 bits per heavy atom. The zero-order chi connectivity index (χ0) is 19.2. The van der Waals surface area contributed by atoms with E-state index in [4.69, 9.17) is 25.8 Å². The van der Waals surface area contributed by atoms with Gasteiger partial charge >= 0.3 is 0 Å². The number of hydrazone groups is 1. The third kappa shape index (κ3) is 5.14. The van der Waals surface area contributed by atoms with E-state index in [1.54, 1.807) is 12.1 Å². The normalized spacial score (nSPS) is 13.3. The number of amides is 1. The molecule has 7 heteroatoms. The highest BCUT2D eigenvalue weighted by atomic mass is 35.5. The van der Waals surface area contributed by atoms with Gasteiger partial charge in [0.25, 0.3) is 5.91 Å². The van der Waals surface area contributed by atoms with Crippen molar-refractivity contribution in [1.29, 1.82) is 0 Å². The quantitative estimate of drug-likeness (QED) is 0.627. The lowest BCUT2D eigenvalue weighted by molar-refractivity contribution is -0.123. The minimum Gasteiger partial charge on any atom is -0.489 e. The van der Waals surface area contributed by atoms with Crippen LogP contribution in [0.1, 0.15) is 23.1 Å². The second-order valence-electron chi connectivity index (χ2n) is 6.21. The fourth-order valence-corrected chi connectivity index (χ4v) is 2.76. The van der Waals surface area contributed by atoms with E-state index >= 15 is 0 Å². The van der Waals surface area contributed by atoms with Crippen LogP contribution >= 0.6 is 11.6 Å². The van der Waals surface area contributed by atoms with Crippen LogP contribution in [0.15, 0.2) is 35.4 Å². The monoisotopic (exact) mass is 388 g/mol. The van der Waals surface area contributed by atoms with E-state index in [1.807, 2.05) is 32.0 Å². The number of carbonyl (C=O) groups is 1. The van der Waals surface area contributed by atoms with Crippen LogP contribution in [-0.4, -0.2) is 31.9 Å².